The molecule has 2 rings (SSSR count). The van der Waals surface area contributed by atoms with Gasteiger partial charge in [-0.25, -0.2) is 9.59 Å². The van der Waals surface area contributed by atoms with Gasteiger partial charge < -0.3 is 14.2 Å². The number of esters is 1. The van der Waals surface area contributed by atoms with E-state index in [2.05, 4.69) is 13.8 Å². The van der Waals surface area contributed by atoms with Gasteiger partial charge in [-0.1, -0.05) is 45.2 Å². The van der Waals surface area contributed by atoms with Crippen LogP contribution in [0.1, 0.15) is 61.9 Å². The Bertz CT molecular complexity index is 735. The Morgan fingerprint density at radius 3 is 1.89 bits per heavy atom. The summed E-state index contributed by atoms with van der Waals surface area (Å²) in [5, 5.41) is 0. The number of benzene rings is 2. The van der Waals surface area contributed by atoms with Crippen molar-refractivity contribution in [2.24, 2.45) is 0 Å². The lowest BCUT2D eigenvalue weighted by atomic mass is 10.1. The fraction of sp³-hybridized carbons (Fsp3) is 0.391. The molecule has 5 nitrogen and oxygen atoms in total. The maximum atomic E-state index is 11.9. The van der Waals surface area contributed by atoms with Gasteiger partial charge in [0, 0.05) is 0 Å². The fourth-order valence-corrected chi connectivity index (χ4v) is 2.58. The van der Waals surface area contributed by atoms with Gasteiger partial charge in [0.1, 0.15) is 11.5 Å². The van der Waals surface area contributed by atoms with Crippen LogP contribution in [-0.4, -0.2) is 18.7 Å². The molecule has 0 heterocycles. The van der Waals surface area contributed by atoms with E-state index in [4.69, 9.17) is 14.2 Å². The maximum Gasteiger partial charge on any atom is 0.519 e. The zero-order chi connectivity index (χ0) is 20.2. The monoisotopic (exact) mass is 384 g/mol. The SMILES string of the molecule is CCCCCOC(=O)c1ccc(OC(=O)Oc2ccc(CCCC)cc2)cc1. The summed E-state index contributed by atoms with van der Waals surface area (Å²) in [6.07, 6.45) is 5.41. The minimum atomic E-state index is -0.823. The fourth-order valence-electron chi connectivity index (χ4n) is 2.58. The molecule has 0 bridgehead atoms. The molecule has 2 aromatic carbocycles. The predicted molar refractivity (Wildman–Crippen MR) is 108 cm³/mol. The van der Waals surface area contributed by atoms with Crippen LogP contribution in [0.5, 0.6) is 11.5 Å². The zero-order valence-corrected chi connectivity index (χ0v) is 16.6. The van der Waals surface area contributed by atoms with E-state index in [1.807, 2.05) is 12.1 Å². The van der Waals surface area contributed by atoms with Crippen LogP contribution in [0.3, 0.4) is 0 Å². The average molecular weight is 384 g/mol. The van der Waals surface area contributed by atoms with E-state index < -0.39 is 6.16 Å². The summed E-state index contributed by atoms with van der Waals surface area (Å²) in [4.78, 5) is 23.8. The van der Waals surface area contributed by atoms with Crippen molar-refractivity contribution in [1.29, 1.82) is 0 Å². The zero-order valence-electron chi connectivity index (χ0n) is 16.6. The molecule has 0 saturated carbocycles. The first-order valence-corrected chi connectivity index (χ1v) is 9.88. The molecule has 0 spiro atoms. The van der Waals surface area contributed by atoms with E-state index in [-0.39, 0.29) is 5.97 Å². The molecule has 0 radical (unpaired) electrons. The van der Waals surface area contributed by atoms with Gasteiger partial charge in [-0.2, -0.15) is 0 Å². The van der Waals surface area contributed by atoms with Crippen molar-refractivity contribution in [3.05, 3.63) is 59.7 Å². The van der Waals surface area contributed by atoms with Gasteiger partial charge in [0.25, 0.3) is 0 Å². The molecule has 0 aliphatic carbocycles. The number of hydrogen-bond acceptors (Lipinski definition) is 5. The van der Waals surface area contributed by atoms with Crippen molar-refractivity contribution in [2.75, 3.05) is 6.61 Å². The number of rotatable bonds is 10. The molecule has 0 amide bonds. The van der Waals surface area contributed by atoms with Gasteiger partial charge in [0.15, 0.2) is 0 Å². The Morgan fingerprint density at radius 2 is 1.32 bits per heavy atom. The standard InChI is InChI=1S/C23H28O5/c1-3-5-7-17-26-22(24)19-11-15-21(16-12-19)28-23(25)27-20-13-9-18(10-14-20)8-6-4-2/h9-16H,3-8,17H2,1-2H3. The van der Waals surface area contributed by atoms with Gasteiger partial charge in [0.2, 0.25) is 0 Å². The molecule has 0 aromatic heterocycles. The number of hydrogen-bond donors (Lipinski definition) is 0. The van der Waals surface area contributed by atoms with Gasteiger partial charge in [-0.3, -0.25) is 0 Å². The quantitative estimate of drug-likeness (QED) is 0.287. The topological polar surface area (TPSA) is 61.8 Å². The molecular formula is C23H28O5. The molecule has 5 heteroatoms. The highest BCUT2D eigenvalue weighted by Crippen LogP contribution is 2.17. The first kappa shape index (κ1) is 21.5. The molecule has 28 heavy (non-hydrogen) atoms. The van der Waals surface area contributed by atoms with Gasteiger partial charge in [-0.05, 0) is 61.2 Å². The maximum absolute atomic E-state index is 11.9. The van der Waals surface area contributed by atoms with E-state index >= 15 is 0 Å². The Hall–Kier alpha value is -2.82. The van der Waals surface area contributed by atoms with Gasteiger partial charge >= 0.3 is 12.1 Å². The third-order valence-electron chi connectivity index (χ3n) is 4.22. The highest BCUT2D eigenvalue weighted by Gasteiger charge is 2.11. The highest BCUT2D eigenvalue weighted by molar-refractivity contribution is 5.89. The Labute approximate surface area is 166 Å². The van der Waals surface area contributed by atoms with Crippen LogP contribution in [0.25, 0.3) is 0 Å². The van der Waals surface area contributed by atoms with Crippen molar-refractivity contribution in [1.82, 2.24) is 0 Å². The molecule has 0 unspecified atom stereocenters. The van der Waals surface area contributed by atoms with Crippen molar-refractivity contribution >= 4 is 12.1 Å². The molecule has 150 valence electrons. The van der Waals surface area contributed by atoms with Crippen molar-refractivity contribution in [2.45, 2.75) is 52.4 Å². The average Bonchev–Trinajstić information content (AvgIpc) is 2.71. The Kier molecular flexibility index (Phi) is 9.05. The molecule has 0 saturated heterocycles. The van der Waals surface area contributed by atoms with Crippen LogP contribution >= 0.6 is 0 Å². The first-order chi connectivity index (χ1) is 13.6. The molecule has 0 N–H and O–H groups in total. The number of carbonyl (C=O) groups excluding carboxylic acids is 2. The van der Waals surface area contributed by atoms with E-state index in [0.29, 0.717) is 23.7 Å². The minimum absolute atomic E-state index is 0.298. The Balaban J connectivity index is 1.81. The van der Waals surface area contributed by atoms with Crippen LogP contribution < -0.4 is 9.47 Å². The lowest BCUT2D eigenvalue weighted by Gasteiger charge is -2.07. The second-order valence-electron chi connectivity index (χ2n) is 6.57. The Morgan fingerprint density at radius 1 is 0.750 bits per heavy atom. The van der Waals surface area contributed by atoms with Gasteiger partial charge in [0.05, 0.1) is 12.2 Å². The molecule has 0 atom stereocenters. The van der Waals surface area contributed by atoms with Crippen molar-refractivity contribution < 1.29 is 23.8 Å². The van der Waals surface area contributed by atoms with Crippen LogP contribution in [-0.2, 0) is 11.2 Å². The van der Waals surface area contributed by atoms with E-state index in [9.17, 15) is 9.59 Å². The van der Waals surface area contributed by atoms with Crippen LogP contribution in [0, 0.1) is 0 Å². The van der Waals surface area contributed by atoms with Crippen LogP contribution in [0.15, 0.2) is 48.5 Å². The van der Waals surface area contributed by atoms with E-state index in [1.165, 1.54) is 17.7 Å². The number of carbonyl (C=O) groups is 2. The molecule has 0 aliphatic heterocycles. The summed E-state index contributed by atoms with van der Waals surface area (Å²) >= 11 is 0. The first-order valence-electron chi connectivity index (χ1n) is 9.88. The second-order valence-corrected chi connectivity index (χ2v) is 6.57. The number of aryl methyl sites for hydroxylation is 1. The van der Waals surface area contributed by atoms with Crippen LogP contribution in [0.2, 0.25) is 0 Å². The van der Waals surface area contributed by atoms with E-state index in [0.717, 1.165) is 38.5 Å². The van der Waals surface area contributed by atoms with Crippen molar-refractivity contribution in [3.63, 3.8) is 0 Å². The van der Waals surface area contributed by atoms with Crippen molar-refractivity contribution in [3.8, 4) is 11.5 Å². The minimum Gasteiger partial charge on any atom is -0.462 e. The van der Waals surface area contributed by atoms with Crippen LogP contribution in [0.4, 0.5) is 4.79 Å². The largest absolute Gasteiger partial charge is 0.519 e. The lowest BCUT2D eigenvalue weighted by molar-refractivity contribution is 0.0498. The summed E-state index contributed by atoms with van der Waals surface area (Å²) in [6, 6.07) is 13.6. The summed E-state index contributed by atoms with van der Waals surface area (Å²) in [5.41, 5.74) is 1.62. The molecule has 0 fully saturated rings. The summed E-state index contributed by atoms with van der Waals surface area (Å²) < 4.78 is 15.5. The second kappa shape index (κ2) is 11.8. The number of unbranched alkanes of at least 4 members (excludes halogenated alkanes) is 3. The summed E-state index contributed by atoms with van der Waals surface area (Å²) in [7, 11) is 0. The molecule has 0 aliphatic rings. The predicted octanol–water partition coefficient (Wildman–Crippen LogP) is 5.95. The summed E-state index contributed by atoms with van der Waals surface area (Å²) in [5.74, 6) is 0.345. The number of ether oxygens (including phenoxy) is 3. The molecular weight excluding hydrogens is 356 g/mol. The van der Waals surface area contributed by atoms with Gasteiger partial charge in [-0.15, -0.1) is 0 Å². The molecule has 2 aromatic rings. The normalized spacial score (nSPS) is 10.4. The highest BCUT2D eigenvalue weighted by atomic mass is 16.7. The third-order valence-corrected chi connectivity index (χ3v) is 4.22. The smallest absolute Gasteiger partial charge is 0.462 e. The third kappa shape index (κ3) is 7.43. The van der Waals surface area contributed by atoms with E-state index in [1.54, 1.807) is 24.3 Å². The lowest BCUT2D eigenvalue weighted by Crippen LogP contribution is -2.14. The summed E-state index contributed by atoms with van der Waals surface area (Å²) in [6.45, 7) is 4.65.